The van der Waals surface area contributed by atoms with Crippen LogP contribution in [-0.4, -0.2) is 38.4 Å². The third-order valence-electron chi connectivity index (χ3n) is 4.20. The molecule has 1 fully saturated rings. The summed E-state index contributed by atoms with van der Waals surface area (Å²) in [7, 11) is 0. The van der Waals surface area contributed by atoms with E-state index in [9.17, 15) is 4.79 Å². The van der Waals surface area contributed by atoms with E-state index in [0.29, 0.717) is 0 Å². The average Bonchev–Trinajstić information content (AvgIpc) is 2.76. The molecule has 5 nitrogen and oxygen atoms in total. The second-order valence-electron chi connectivity index (χ2n) is 5.74. The maximum absolute atomic E-state index is 10.9. The largest absolute Gasteiger partial charge is 0.481 e. The fourth-order valence-corrected chi connectivity index (χ4v) is 2.77. The minimum Gasteiger partial charge on any atom is -0.481 e. The number of fused-ring (bicyclic) bond motifs is 1. The van der Waals surface area contributed by atoms with Crippen LogP contribution in [0, 0.1) is 18.8 Å². The molecule has 1 unspecified atom stereocenters. The molecule has 0 saturated carbocycles. The lowest BCUT2D eigenvalue weighted by Crippen LogP contribution is -2.50. The van der Waals surface area contributed by atoms with Crippen LogP contribution in [0.3, 0.4) is 0 Å². The molecule has 1 saturated heterocycles. The van der Waals surface area contributed by atoms with Gasteiger partial charge in [-0.1, -0.05) is 13.0 Å². The van der Waals surface area contributed by atoms with Gasteiger partial charge in [-0.15, -0.1) is 0 Å². The minimum absolute atomic E-state index is 0.255. The van der Waals surface area contributed by atoms with Gasteiger partial charge < -0.3 is 9.51 Å². The van der Waals surface area contributed by atoms with Gasteiger partial charge in [0.15, 0.2) is 0 Å². The molecule has 0 amide bonds. The molecule has 3 heterocycles. The first-order valence-electron chi connectivity index (χ1n) is 6.93. The van der Waals surface area contributed by atoms with Gasteiger partial charge in [-0.2, -0.15) is 0 Å². The Kier molecular flexibility index (Phi) is 3.22. The second-order valence-corrected chi connectivity index (χ2v) is 5.74. The molecule has 106 valence electrons. The molecule has 0 aliphatic carbocycles. The van der Waals surface area contributed by atoms with Crippen LogP contribution in [0.4, 0.5) is 0 Å². The van der Waals surface area contributed by atoms with Crippen molar-refractivity contribution < 1.29 is 9.90 Å². The predicted molar refractivity (Wildman–Crippen MR) is 75.5 cm³/mol. The Labute approximate surface area is 117 Å². The molecule has 5 heteroatoms. The minimum atomic E-state index is -0.696. The van der Waals surface area contributed by atoms with Crippen molar-refractivity contribution in [3.8, 4) is 0 Å². The van der Waals surface area contributed by atoms with Crippen LogP contribution in [0.1, 0.15) is 18.2 Å². The van der Waals surface area contributed by atoms with Crippen molar-refractivity contribution in [2.45, 2.75) is 20.4 Å². The molecule has 2 aromatic heterocycles. The van der Waals surface area contributed by atoms with Crippen molar-refractivity contribution in [2.24, 2.45) is 11.8 Å². The van der Waals surface area contributed by atoms with E-state index in [4.69, 9.17) is 5.11 Å². The number of pyridine rings is 1. The molecule has 1 N–H and O–H groups in total. The third-order valence-corrected chi connectivity index (χ3v) is 4.20. The van der Waals surface area contributed by atoms with Gasteiger partial charge in [-0.25, -0.2) is 4.98 Å². The van der Waals surface area contributed by atoms with Gasteiger partial charge in [0.05, 0.1) is 11.6 Å². The van der Waals surface area contributed by atoms with Crippen molar-refractivity contribution in [2.75, 3.05) is 13.1 Å². The summed E-state index contributed by atoms with van der Waals surface area (Å²) in [5.74, 6) is -0.682. The summed E-state index contributed by atoms with van der Waals surface area (Å²) < 4.78 is 2.04. The van der Waals surface area contributed by atoms with Crippen LogP contribution in [0.2, 0.25) is 0 Å². The zero-order valence-electron chi connectivity index (χ0n) is 11.8. The summed E-state index contributed by atoms with van der Waals surface area (Å²) >= 11 is 0. The van der Waals surface area contributed by atoms with Crippen molar-refractivity contribution in [3.05, 3.63) is 35.8 Å². The first-order chi connectivity index (χ1) is 9.54. The van der Waals surface area contributed by atoms with Crippen LogP contribution in [-0.2, 0) is 11.3 Å². The maximum Gasteiger partial charge on any atom is 0.306 e. The number of aryl methyl sites for hydroxylation is 1. The molecule has 1 aliphatic heterocycles. The van der Waals surface area contributed by atoms with Crippen LogP contribution < -0.4 is 0 Å². The Bertz CT molecular complexity index is 644. The third kappa shape index (κ3) is 2.29. The molecular formula is C15H19N3O2. The lowest BCUT2D eigenvalue weighted by Gasteiger charge is -2.40. The number of carboxylic acid groups (broad SMARTS) is 1. The molecule has 0 bridgehead atoms. The Balaban J connectivity index is 1.64. The van der Waals surface area contributed by atoms with Crippen LogP contribution in [0.25, 0.3) is 5.65 Å². The fourth-order valence-electron chi connectivity index (χ4n) is 2.77. The number of rotatable bonds is 4. The number of likely N-dealkylation sites (tertiary alicyclic amines) is 1. The molecular weight excluding hydrogens is 254 g/mol. The smallest absolute Gasteiger partial charge is 0.306 e. The fraction of sp³-hybridized carbons (Fsp3) is 0.467. The average molecular weight is 273 g/mol. The van der Waals surface area contributed by atoms with Gasteiger partial charge in [0.1, 0.15) is 5.65 Å². The topological polar surface area (TPSA) is 57.8 Å². The number of carbonyl (C=O) groups is 1. The molecule has 3 rings (SSSR count). The number of aromatic nitrogens is 2. The first kappa shape index (κ1) is 13.1. The molecule has 1 aliphatic rings. The van der Waals surface area contributed by atoms with Crippen molar-refractivity contribution in [3.63, 3.8) is 0 Å². The van der Waals surface area contributed by atoms with Crippen molar-refractivity contribution in [1.82, 2.24) is 14.3 Å². The lowest BCUT2D eigenvalue weighted by molar-refractivity contribution is -0.145. The van der Waals surface area contributed by atoms with E-state index in [1.165, 1.54) is 5.56 Å². The zero-order valence-corrected chi connectivity index (χ0v) is 11.8. The SMILES string of the molecule is Cc1cccn2cc(CN3CC(C(C)C(=O)O)C3)nc12. The van der Waals surface area contributed by atoms with E-state index >= 15 is 0 Å². The van der Waals surface area contributed by atoms with Crippen molar-refractivity contribution in [1.29, 1.82) is 0 Å². The molecule has 20 heavy (non-hydrogen) atoms. The summed E-state index contributed by atoms with van der Waals surface area (Å²) in [5.41, 5.74) is 3.21. The standard InChI is InChI=1S/C15H19N3O2/c1-10-4-3-5-18-9-13(16-14(10)18)8-17-6-12(7-17)11(2)15(19)20/h3-5,9,11-12H,6-8H2,1-2H3,(H,19,20). The van der Waals surface area contributed by atoms with Crippen LogP contribution >= 0.6 is 0 Å². The quantitative estimate of drug-likeness (QED) is 0.922. The van der Waals surface area contributed by atoms with Crippen LogP contribution in [0.15, 0.2) is 24.5 Å². The van der Waals surface area contributed by atoms with E-state index in [0.717, 1.165) is 31.0 Å². The molecule has 2 aromatic rings. The summed E-state index contributed by atoms with van der Waals surface area (Å²) in [6, 6.07) is 4.07. The van der Waals surface area contributed by atoms with Gasteiger partial charge in [0, 0.05) is 32.0 Å². The van der Waals surface area contributed by atoms with Gasteiger partial charge in [0.25, 0.3) is 0 Å². The number of carboxylic acids is 1. The number of hydrogen-bond acceptors (Lipinski definition) is 3. The first-order valence-corrected chi connectivity index (χ1v) is 6.93. The zero-order chi connectivity index (χ0) is 14.3. The highest BCUT2D eigenvalue weighted by Crippen LogP contribution is 2.25. The highest BCUT2D eigenvalue weighted by atomic mass is 16.4. The predicted octanol–water partition coefficient (Wildman–Crippen LogP) is 1.80. The normalized spacial score (nSPS) is 18.1. The molecule has 1 atom stereocenters. The number of hydrogen-bond donors (Lipinski definition) is 1. The van der Waals surface area contributed by atoms with Crippen LogP contribution in [0.5, 0.6) is 0 Å². The van der Waals surface area contributed by atoms with E-state index in [1.54, 1.807) is 6.92 Å². The lowest BCUT2D eigenvalue weighted by atomic mass is 9.87. The Hall–Kier alpha value is -1.88. The molecule has 0 aromatic carbocycles. The number of aliphatic carboxylic acids is 1. The van der Waals surface area contributed by atoms with Gasteiger partial charge in [-0.3, -0.25) is 9.69 Å². The Morgan fingerprint density at radius 3 is 2.95 bits per heavy atom. The highest BCUT2D eigenvalue weighted by molar-refractivity contribution is 5.70. The van der Waals surface area contributed by atoms with E-state index in [-0.39, 0.29) is 11.8 Å². The van der Waals surface area contributed by atoms with Gasteiger partial charge in [-0.05, 0) is 24.5 Å². The summed E-state index contributed by atoms with van der Waals surface area (Å²) in [6.07, 6.45) is 4.06. The van der Waals surface area contributed by atoms with Crippen molar-refractivity contribution >= 4 is 11.6 Å². The van der Waals surface area contributed by atoms with Gasteiger partial charge in [0.2, 0.25) is 0 Å². The molecule has 0 spiro atoms. The highest BCUT2D eigenvalue weighted by Gasteiger charge is 2.34. The van der Waals surface area contributed by atoms with E-state index in [2.05, 4.69) is 29.1 Å². The van der Waals surface area contributed by atoms with E-state index in [1.807, 2.05) is 16.7 Å². The number of imidazole rings is 1. The monoisotopic (exact) mass is 273 g/mol. The second kappa shape index (κ2) is 4.90. The Morgan fingerprint density at radius 2 is 2.30 bits per heavy atom. The molecule has 0 radical (unpaired) electrons. The Morgan fingerprint density at radius 1 is 1.55 bits per heavy atom. The summed E-state index contributed by atoms with van der Waals surface area (Å²) in [6.45, 7) is 6.34. The maximum atomic E-state index is 10.9. The number of nitrogens with zero attached hydrogens (tertiary/aromatic N) is 3. The summed E-state index contributed by atoms with van der Waals surface area (Å²) in [4.78, 5) is 17.8. The van der Waals surface area contributed by atoms with Gasteiger partial charge >= 0.3 is 5.97 Å². The van der Waals surface area contributed by atoms with E-state index < -0.39 is 5.97 Å². The summed E-state index contributed by atoms with van der Waals surface area (Å²) in [5, 5.41) is 8.99.